The zero-order valence-electron chi connectivity index (χ0n) is 17.4. The summed E-state index contributed by atoms with van der Waals surface area (Å²) in [7, 11) is 1.65. The molecule has 0 bridgehead atoms. The standard InChI is InChI=1S/C25H24ClN3O2/c1-30-23-16-6-5-15-22(23)29-24(20-13-9-14-21(26)18-20)27-28-25(29)31-17-8-7-12-19-10-3-2-4-11-19/h2-6,9-11,13-16,18H,7-8,12,17H2,1H3. The minimum absolute atomic E-state index is 0.430. The van der Waals surface area contributed by atoms with Crippen molar-refractivity contribution < 1.29 is 9.47 Å². The molecule has 0 N–H and O–H groups in total. The molecular weight excluding hydrogens is 410 g/mol. The highest BCUT2D eigenvalue weighted by atomic mass is 35.5. The lowest BCUT2D eigenvalue weighted by Gasteiger charge is -2.14. The molecule has 0 fully saturated rings. The van der Waals surface area contributed by atoms with Crippen LogP contribution in [0.1, 0.15) is 18.4 Å². The molecule has 0 aliphatic rings. The number of ether oxygens (including phenoxy) is 2. The summed E-state index contributed by atoms with van der Waals surface area (Å²) in [4.78, 5) is 0. The second-order valence-corrected chi connectivity index (χ2v) is 7.55. The molecule has 31 heavy (non-hydrogen) atoms. The van der Waals surface area contributed by atoms with Gasteiger partial charge in [-0.15, -0.1) is 5.10 Å². The van der Waals surface area contributed by atoms with E-state index in [1.165, 1.54) is 5.56 Å². The summed E-state index contributed by atoms with van der Waals surface area (Å²) >= 11 is 6.21. The van der Waals surface area contributed by atoms with Gasteiger partial charge in [0.15, 0.2) is 5.82 Å². The highest BCUT2D eigenvalue weighted by molar-refractivity contribution is 6.30. The number of nitrogens with zero attached hydrogens (tertiary/aromatic N) is 3. The quantitative estimate of drug-likeness (QED) is 0.304. The van der Waals surface area contributed by atoms with Crippen LogP contribution >= 0.6 is 11.6 Å². The maximum absolute atomic E-state index is 6.21. The van der Waals surface area contributed by atoms with E-state index in [1.807, 2.05) is 59.2 Å². The lowest BCUT2D eigenvalue weighted by atomic mass is 10.1. The van der Waals surface area contributed by atoms with Gasteiger partial charge in [0, 0.05) is 10.6 Å². The predicted molar refractivity (Wildman–Crippen MR) is 123 cm³/mol. The molecule has 0 aliphatic heterocycles. The molecular formula is C25H24ClN3O2. The number of unbranched alkanes of at least 4 members (excludes halogenated alkanes) is 1. The third-order valence-electron chi connectivity index (χ3n) is 4.98. The second kappa shape index (κ2) is 10.1. The molecule has 1 aromatic heterocycles. The minimum atomic E-state index is 0.430. The second-order valence-electron chi connectivity index (χ2n) is 7.11. The van der Waals surface area contributed by atoms with E-state index in [0.717, 1.165) is 30.5 Å². The average molecular weight is 434 g/mol. The van der Waals surface area contributed by atoms with Gasteiger partial charge in [-0.05, 0) is 49.1 Å². The number of hydrogen-bond donors (Lipinski definition) is 0. The molecule has 158 valence electrons. The van der Waals surface area contributed by atoms with E-state index in [4.69, 9.17) is 21.1 Å². The van der Waals surface area contributed by atoms with Crippen molar-refractivity contribution in [3.63, 3.8) is 0 Å². The molecule has 4 rings (SSSR count). The molecule has 0 unspecified atom stereocenters. The van der Waals surface area contributed by atoms with Crippen LogP contribution in [0.25, 0.3) is 17.1 Å². The van der Waals surface area contributed by atoms with Crippen molar-refractivity contribution in [3.05, 3.63) is 89.4 Å². The van der Waals surface area contributed by atoms with Crippen LogP contribution in [0, 0.1) is 0 Å². The van der Waals surface area contributed by atoms with Crippen molar-refractivity contribution in [1.82, 2.24) is 14.8 Å². The Morgan fingerprint density at radius 1 is 0.871 bits per heavy atom. The van der Waals surface area contributed by atoms with Gasteiger partial charge in [-0.25, -0.2) is 4.57 Å². The fourth-order valence-corrected chi connectivity index (χ4v) is 3.64. The number of methoxy groups -OCH3 is 1. The van der Waals surface area contributed by atoms with Crippen molar-refractivity contribution >= 4 is 11.6 Å². The summed E-state index contributed by atoms with van der Waals surface area (Å²) in [5.74, 6) is 1.35. The van der Waals surface area contributed by atoms with Gasteiger partial charge in [0.05, 0.1) is 19.4 Å². The van der Waals surface area contributed by atoms with Crippen LogP contribution in [-0.4, -0.2) is 28.5 Å². The van der Waals surface area contributed by atoms with E-state index in [9.17, 15) is 0 Å². The van der Waals surface area contributed by atoms with Crippen molar-refractivity contribution in [1.29, 1.82) is 0 Å². The van der Waals surface area contributed by atoms with E-state index in [0.29, 0.717) is 29.2 Å². The Hall–Kier alpha value is -3.31. The summed E-state index contributed by atoms with van der Waals surface area (Å²) in [6, 6.07) is 26.2. The van der Waals surface area contributed by atoms with Crippen molar-refractivity contribution in [2.75, 3.05) is 13.7 Å². The first-order chi connectivity index (χ1) is 15.3. The average Bonchev–Trinajstić information content (AvgIpc) is 3.23. The molecule has 0 atom stereocenters. The van der Waals surface area contributed by atoms with E-state index in [2.05, 4.69) is 34.5 Å². The minimum Gasteiger partial charge on any atom is -0.495 e. The summed E-state index contributed by atoms with van der Waals surface area (Å²) in [5.41, 5.74) is 3.00. The Labute approximate surface area is 187 Å². The third kappa shape index (κ3) is 5.06. The SMILES string of the molecule is COc1ccccc1-n1c(OCCCCc2ccccc2)nnc1-c1cccc(Cl)c1. The number of rotatable bonds is 9. The topological polar surface area (TPSA) is 49.2 Å². The fraction of sp³-hybridized carbons (Fsp3) is 0.200. The first-order valence-electron chi connectivity index (χ1n) is 10.3. The number of hydrogen-bond acceptors (Lipinski definition) is 4. The zero-order chi connectivity index (χ0) is 21.5. The molecule has 1 heterocycles. The van der Waals surface area contributed by atoms with E-state index in [1.54, 1.807) is 7.11 Å². The highest BCUT2D eigenvalue weighted by Gasteiger charge is 2.19. The Morgan fingerprint density at radius 3 is 2.48 bits per heavy atom. The van der Waals surface area contributed by atoms with E-state index >= 15 is 0 Å². The van der Waals surface area contributed by atoms with Crippen LogP contribution in [0.3, 0.4) is 0 Å². The van der Waals surface area contributed by atoms with Crippen LogP contribution in [-0.2, 0) is 6.42 Å². The number of aromatic nitrogens is 3. The number of halogens is 1. The van der Waals surface area contributed by atoms with E-state index in [-0.39, 0.29) is 0 Å². The van der Waals surface area contributed by atoms with Crippen LogP contribution < -0.4 is 9.47 Å². The van der Waals surface area contributed by atoms with Gasteiger partial charge in [-0.3, -0.25) is 0 Å². The third-order valence-corrected chi connectivity index (χ3v) is 5.21. The molecule has 3 aromatic carbocycles. The van der Waals surface area contributed by atoms with Gasteiger partial charge in [-0.1, -0.05) is 71.3 Å². The molecule has 4 aromatic rings. The monoisotopic (exact) mass is 433 g/mol. The summed E-state index contributed by atoms with van der Waals surface area (Å²) in [6.07, 6.45) is 2.98. The smallest absolute Gasteiger partial charge is 0.322 e. The maximum atomic E-state index is 6.21. The van der Waals surface area contributed by atoms with Crippen molar-refractivity contribution in [3.8, 4) is 28.8 Å². The largest absolute Gasteiger partial charge is 0.495 e. The summed E-state index contributed by atoms with van der Waals surface area (Å²) in [6.45, 7) is 0.551. The molecule has 0 aliphatic carbocycles. The van der Waals surface area contributed by atoms with Gasteiger partial charge in [0.2, 0.25) is 0 Å². The van der Waals surface area contributed by atoms with Crippen LogP contribution in [0.15, 0.2) is 78.9 Å². The number of para-hydroxylation sites is 2. The van der Waals surface area contributed by atoms with Gasteiger partial charge >= 0.3 is 6.01 Å². The summed E-state index contributed by atoms with van der Waals surface area (Å²) < 4.78 is 13.5. The normalized spacial score (nSPS) is 10.8. The lowest BCUT2D eigenvalue weighted by Crippen LogP contribution is -2.07. The zero-order valence-corrected chi connectivity index (χ0v) is 18.1. The molecule has 6 heteroatoms. The van der Waals surface area contributed by atoms with Gasteiger partial charge in [0.1, 0.15) is 5.75 Å². The van der Waals surface area contributed by atoms with Crippen LogP contribution in [0.2, 0.25) is 5.02 Å². The number of aryl methyl sites for hydroxylation is 1. The first kappa shape index (κ1) is 20.9. The Morgan fingerprint density at radius 2 is 1.68 bits per heavy atom. The van der Waals surface area contributed by atoms with E-state index < -0.39 is 0 Å². The lowest BCUT2D eigenvalue weighted by molar-refractivity contribution is 0.277. The van der Waals surface area contributed by atoms with Crippen LogP contribution in [0.5, 0.6) is 11.8 Å². The van der Waals surface area contributed by atoms with Crippen molar-refractivity contribution in [2.24, 2.45) is 0 Å². The molecule has 0 radical (unpaired) electrons. The molecule has 5 nitrogen and oxygen atoms in total. The van der Waals surface area contributed by atoms with Gasteiger partial charge < -0.3 is 9.47 Å². The van der Waals surface area contributed by atoms with Gasteiger partial charge in [0.25, 0.3) is 0 Å². The maximum Gasteiger partial charge on any atom is 0.322 e. The first-order valence-corrected chi connectivity index (χ1v) is 10.7. The van der Waals surface area contributed by atoms with Crippen LogP contribution in [0.4, 0.5) is 0 Å². The highest BCUT2D eigenvalue weighted by Crippen LogP contribution is 2.32. The Balaban J connectivity index is 1.56. The Bertz CT molecular complexity index is 1130. The molecule has 0 saturated heterocycles. The summed E-state index contributed by atoms with van der Waals surface area (Å²) in [5, 5.41) is 9.36. The molecule has 0 amide bonds. The fourth-order valence-electron chi connectivity index (χ4n) is 3.45. The van der Waals surface area contributed by atoms with Gasteiger partial charge in [-0.2, -0.15) is 0 Å². The molecule has 0 saturated carbocycles. The molecule has 0 spiro atoms. The predicted octanol–water partition coefficient (Wildman–Crippen LogP) is 6.00. The Kier molecular flexibility index (Phi) is 6.85. The van der Waals surface area contributed by atoms with Crippen molar-refractivity contribution in [2.45, 2.75) is 19.3 Å². The number of benzene rings is 3.